The van der Waals surface area contributed by atoms with Crippen LogP contribution in [0.25, 0.3) is 0 Å². The third-order valence-electron chi connectivity index (χ3n) is 4.31. The van der Waals surface area contributed by atoms with Gasteiger partial charge in [0.2, 0.25) is 0 Å². The fourth-order valence-electron chi connectivity index (χ4n) is 3.16. The fraction of sp³-hybridized carbons (Fsp3) is 0.833. The molecule has 0 radical (unpaired) electrons. The first-order valence-electron chi connectivity index (χ1n) is 5.31. The van der Waals surface area contributed by atoms with E-state index in [9.17, 15) is 0 Å². The summed E-state index contributed by atoms with van der Waals surface area (Å²) < 4.78 is 0. The predicted octanol–water partition coefficient (Wildman–Crippen LogP) is 3.78. The molecule has 0 nitrogen and oxygen atoms in total. The zero-order chi connectivity index (χ0) is 8.77. The predicted molar refractivity (Wildman–Crippen MR) is 53.0 cm³/mol. The molecule has 2 unspecified atom stereocenters. The molecule has 0 heterocycles. The summed E-state index contributed by atoms with van der Waals surface area (Å²) in [4.78, 5) is 0. The van der Waals surface area contributed by atoms with E-state index in [1.807, 2.05) is 0 Å². The molecule has 0 amide bonds. The van der Waals surface area contributed by atoms with Gasteiger partial charge in [0, 0.05) is 0 Å². The van der Waals surface area contributed by atoms with Crippen LogP contribution in [0.3, 0.4) is 0 Å². The van der Waals surface area contributed by atoms with Gasteiger partial charge in [-0.3, -0.25) is 0 Å². The molecule has 0 heteroatoms. The normalized spacial score (nSPS) is 39.7. The van der Waals surface area contributed by atoms with E-state index < -0.39 is 0 Å². The van der Waals surface area contributed by atoms with Crippen molar-refractivity contribution in [1.29, 1.82) is 0 Å². The van der Waals surface area contributed by atoms with E-state index in [4.69, 9.17) is 0 Å². The Balaban J connectivity index is 2.32. The first-order valence-corrected chi connectivity index (χ1v) is 5.31. The molecule has 0 aromatic rings. The third-order valence-corrected chi connectivity index (χ3v) is 4.31. The second-order valence-electron chi connectivity index (χ2n) is 5.15. The number of fused-ring (bicyclic) bond motifs is 4. The summed E-state index contributed by atoms with van der Waals surface area (Å²) in [5.41, 5.74) is 2.00. The molecule has 68 valence electrons. The Bertz CT molecular complexity index is 196. The summed E-state index contributed by atoms with van der Waals surface area (Å²) in [6, 6.07) is 0. The maximum atomic E-state index is 4.31. The lowest BCUT2D eigenvalue weighted by Gasteiger charge is -2.42. The van der Waals surface area contributed by atoms with Gasteiger partial charge in [-0.15, -0.1) is 0 Å². The van der Waals surface area contributed by atoms with E-state index in [0.29, 0.717) is 5.41 Å². The highest BCUT2D eigenvalue weighted by molar-refractivity contribution is 5.17. The van der Waals surface area contributed by atoms with Crippen molar-refractivity contribution in [2.45, 2.75) is 46.0 Å². The average molecular weight is 164 g/mol. The number of hydrogen-bond acceptors (Lipinski definition) is 0. The van der Waals surface area contributed by atoms with Crippen molar-refractivity contribution in [3.63, 3.8) is 0 Å². The topological polar surface area (TPSA) is 0 Å². The summed E-state index contributed by atoms with van der Waals surface area (Å²) in [6.45, 7) is 9.11. The van der Waals surface area contributed by atoms with Crippen molar-refractivity contribution in [3.05, 3.63) is 12.2 Å². The van der Waals surface area contributed by atoms with Crippen molar-refractivity contribution >= 4 is 0 Å². The minimum Gasteiger partial charge on any atom is -0.0990 e. The van der Waals surface area contributed by atoms with E-state index >= 15 is 0 Å². The summed E-state index contributed by atoms with van der Waals surface area (Å²) in [5, 5.41) is 0. The molecule has 0 aromatic heterocycles. The number of rotatable bonds is 0. The van der Waals surface area contributed by atoms with E-state index in [-0.39, 0.29) is 0 Å². The molecule has 3 fully saturated rings. The van der Waals surface area contributed by atoms with Crippen LogP contribution in [-0.2, 0) is 0 Å². The highest BCUT2D eigenvalue weighted by Crippen LogP contribution is 2.52. The van der Waals surface area contributed by atoms with Gasteiger partial charge in [0.1, 0.15) is 0 Å². The van der Waals surface area contributed by atoms with Crippen molar-refractivity contribution < 1.29 is 0 Å². The molecule has 0 aromatic carbocycles. The smallest absolute Gasteiger partial charge is 0.0116 e. The summed E-state index contributed by atoms with van der Waals surface area (Å²) in [6.07, 6.45) is 7.18. The second kappa shape index (κ2) is 2.61. The van der Waals surface area contributed by atoms with Crippen LogP contribution >= 0.6 is 0 Å². The van der Waals surface area contributed by atoms with Gasteiger partial charge in [-0.1, -0.05) is 32.4 Å². The average Bonchev–Trinajstić information content (AvgIpc) is 2.29. The lowest BCUT2D eigenvalue weighted by Crippen LogP contribution is -2.31. The molecule has 2 atom stereocenters. The van der Waals surface area contributed by atoms with Crippen LogP contribution in [0.5, 0.6) is 0 Å². The third kappa shape index (κ3) is 1.04. The molecule has 3 rings (SSSR count). The van der Waals surface area contributed by atoms with Gasteiger partial charge in [0.25, 0.3) is 0 Å². The van der Waals surface area contributed by atoms with E-state index in [1.54, 1.807) is 5.57 Å². The van der Waals surface area contributed by atoms with Crippen LogP contribution < -0.4 is 0 Å². The Labute approximate surface area is 76.1 Å². The monoisotopic (exact) mass is 164 g/mol. The molecule has 12 heavy (non-hydrogen) atoms. The minimum absolute atomic E-state index is 0.444. The Morgan fingerprint density at radius 2 is 1.92 bits per heavy atom. The molecule has 0 aliphatic heterocycles. The molecule has 3 aliphatic carbocycles. The van der Waals surface area contributed by atoms with Gasteiger partial charge in [0.05, 0.1) is 0 Å². The van der Waals surface area contributed by atoms with Crippen molar-refractivity contribution in [2.24, 2.45) is 17.3 Å². The maximum Gasteiger partial charge on any atom is -0.0116 e. The number of allylic oxidation sites excluding steroid dienone is 1. The van der Waals surface area contributed by atoms with Gasteiger partial charge in [-0.2, -0.15) is 0 Å². The van der Waals surface area contributed by atoms with Crippen molar-refractivity contribution in [1.82, 2.24) is 0 Å². The number of hydrogen-bond donors (Lipinski definition) is 0. The fourth-order valence-corrected chi connectivity index (χ4v) is 3.16. The Morgan fingerprint density at radius 3 is 2.67 bits per heavy atom. The Hall–Kier alpha value is -0.260. The largest absolute Gasteiger partial charge is 0.0990 e. The first-order chi connectivity index (χ1) is 5.62. The van der Waals surface area contributed by atoms with E-state index in [2.05, 4.69) is 20.4 Å². The Morgan fingerprint density at radius 1 is 1.17 bits per heavy atom. The summed E-state index contributed by atoms with van der Waals surface area (Å²) >= 11 is 0. The molecular weight excluding hydrogens is 144 g/mol. The lowest BCUT2D eigenvalue weighted by molar-refractivity contribution is 0.190. The highest BCUT2D eigenvalue weighted by atomic mass is 14.5. The van der Waals surface area contributed by atoms with Crippen LogP contribution in [0.1, 0.15) is 46.0 Å². The first kappa shape index (κ1) is 8.34. The SMILES string of the molecule is C=C1C2CCCC(CC2)C1(C)C. The highest BCUT2D eigenvalue weighted by Gasteiger charge is 2.41. The van der Waals surface area contributed by atoms with Crippen LogP contribution in [0.2, 0.25) is 0 Å². The quantitative estimate of drug-likeness (QED) is 0.478. The van der Waals surface area contributed by atoms with Gasteiger partial charge < -0.3 is 0 Å². The summed E-state index contributed by atoms with van der Waals surface area (Å²) in [7, 11) is 0. The zero-order valence-corrected chi connectivity index (χ0v) is 8.40. The van der Waals surface area contributed by atoms with Crippen LogP contribution in [-0.4, -0.2) is 0 Å². The van der Waals surface area contributed by atoms with Crippen molar-refractivity contribution in [2.75, 3.05) is 0 Å². The van der Waals surface area contributed by atoms with Crippen LogP contribution in [0, 0.1) is 17.3 Å². The van der Waals surface area contributed by atoms with Gasteiger partial charge in [0.15, 0.2) is 0 Å². The second-order valence-corrected chi connectivity index (χ2v) is 5.15. The van der Waals surface area contributed by atoms with Gasteiger partial charge in [-0.25, -0.2) is 0 Å². The minimum atomic E-state index is 0.444. The van der Waals surface area contributed by atoms with E-state index in [0.717, 1.165) is 11.8 Å². The molecule has 3 saturated carbocycles. The van der Waals surface area contributed by atoms with E-state index in [1.165, 1.54) is 32.1 Å². The zero-order valence-electron chi connectivity index (χ0n) is 8.40. The molecular formula is C12H20. The maximum absolute atomic E-state index is 4.31. The Kier molecular flexibility index (Phi) is 1.82. The standard InChI is InChI=1S/C12H20/c1-9-10-5-4-6-11(8-7-10)12(9,2)3/h10-11H,1,4-8H2,2-3H3. The molecule has 3 aliphatic rings. The van der Waals surface area contributed by atoms with Gasteiger partial charge in [-0.05, 0) is 42.9 Å². The molecule has 2 bridgehead atoms. The van der Waals surface area contributed by atoms with Crippen LogP contribution in [0.4, 0.5) is 0 Å². The molecule has 0 saturated heterocycles. The molecule has 0 spiro atoms. The van der Waals surface area contributed by atoms with Gasteiger partial charge >= 0.3 is 0 Å². The lowest BCUT2D eigenvalue weighted by atomic mass is 9.63. The van der Waals surface area contributed by atoms with Crippen LogP contribution in [0.15, 0.2) is 12.2 Å². The van der Waals surface area contributed by atoms with Crippen molar-refractivity contribution in [3.8, 4) is 0 Å². The summed E-state index contributed by atoms with van der Waals surface area (Å²) in [5.74, 6) is 1.79. The molecule has 0 N–H and O–H groups in total.